The van der Waals surface area contributed by atoms with Gasteiger partial charge in [0.1, 0.15) is 0 Å². The maximum absolute atomic E-state index is 12.3. The van der Waals surface area contributed by atoms with Crippen LogP contribution in [0, 0.1) is 12.8 Å². The molecule has 1 aromatic carbocycles. The molecule has 1 saturated carbocycles. The fourth-order valence-corrected chi connectivity index (χ4v) is 3.01. The minimum absolute atomic E-state index is 0.384. The van der Waals surface area contributed by atoms with Gasteiger partial charge in [0, 0.05) is 30.3 Å². The summed E-state index contributed by atoms with van der Waals surface area (Å²) >= 11 is 6.11. The molecule has 5 heteroatoms. The van der Waals surface area contributed by atoms with E-state index in [-0.39, 0.29) is 5.91 Å². The summed E-state index contributed by atoms with van der Waals surface area (Å²) in [5.41, 5.74) is 1.66. The van der Waals surface area contributed by atoms with Gasteiger partial charge in [-0.25, -0.2) is 0 Å². The van der Waals surface area contributed by atoms with E-state index in [9.17, 15) is 9.59 Å². The van der Waals surface area contributed by atoms with Crippen LogP contribution in [-0.4, -0.2) is 36.3 Å². The van der Waals surface area contributed by atoms with Crippen LogP contribution in [0.5, 0.6) is 0 Å². The third-order valence-electron chi connectivity index (χ3n) is 4.48. The minimum atomic E-state index is -0.444. The van der Waals surface area contributed by atoms with E-state index < -0.39 is 5.91 Å². The molecule has 0 aromatic heterocycles. The van der Waals surface area contributed by atoms with Crippen LogP contribution in [0.15, 0.2) is 18.2 Å². The third-order valence-corrected chi connectivity index (χ3v) is 4.89. The molecule has 0 spiro atoms. The topological polar surface area (TPSA) is 40.6 Å². The zero-order chi connectivity index (χ0) is 15.0. The lowest BCUT2D eigenvalue weighted by Crippen LogP contribution is -2.55. The van der Waals surface area contributed by atoms with Crippen LogP contribution in [0.3, 0.4) is 0 Å². The second kappa shape index (κ2) is 5.68. The minimum Gasteiger partial charge on any atom is -0.332 e. The van der Waals surface area contributed by atoms with Gasteiger partial charge in [0.25, 0.3) is 0 Å². The highest BCUT2D eigenvalue weighted by atomic mass is 35.5. The normalized spacial score (nSPS) is 19.9. The van der Waals surface area contributed by atoms with Crippen molar-refractivity contribution in [3.63, 3.8) is 0 Å². The number of halogens is 1. The molecule has 1 heterocycles. The summed E-state index contributed by atoms with van der Waals surface area (Å²) in [6, 6.07) is 5.47. The average Bonchev–Trinajstić information content (AvgIpc) is 2.42. The summed E-state index contributed by atoms with van der Waals surface area (Å²) < 4.78 is 0. The number of aryl methyl sites for hydroxylation is 1. The molecule has 0 bridgehead atoms. The highest BCUT2D eigenvalue weighted by Gasteiger charge is 2.35. The van der Waals surface area contributed by atoms with Gasteiger partial charge >= 0.3 is 11.8 Å². The van der Waals surface area contributed by atoms with Crippen molar-refractivity contribution in [2.24, 2.45) is 5.92 Å². The van der Waals surface area contributed by atoms with E-state index in [4.69, 9.17) is 11.6 Å². The molecule has 2 aliphatic rings. The molecule has 4 nitrogen and oxygen atoms in total. The number of benzene rings is 1. The molecule has 1 aromatic rings. The van der Waals surface area contributed by atoms with Crippen molar-refractivity contribution in [1.29, 1.82) is 0 Å². The summed E-state index contributed by atoms with van der Waals surface area (Å²) in [6.45, 7) is 3.78. The van der Waals surface area contributed by atoms with Gasteiger partial charge in [0.15, 0.2) is 0 Å². The van der Waals surface area contributed by atoms with Crippen LogP contribution >= 0.6 is 11.6 Å². The number of nitrogens with zero attached hydrogens (tertiary/aromatic N) is 2. The maximum atomic E-state index is 12.3. The highest BCUT2D eigenvalue weighted by molar-refractivity contribution is 6.41. The Kier molecular flexibility index (Phi) is 3.89. The van der Waals surface area contributed by atoms with Gasteiger partial charge < -0.3 is 9.80 Å². The van der Waals surface area contributed by atoms with E-state index >= 15 is 0 Å². The molecule has 3 rings (SSSR count). The van der Waals surface area contributed by atoms with E-state index in [1.807, 2.05) is 19.1 Å². The van der Waals surface area contributed by atoms with E-state index in [0.29, 0.717) is 29.7 Å². The van der Waals surface area contributed by atoms with Gasteiger partial charge in [-0.05, 0) is 43.4 Å². The standard InChI is InChI=1S/C16H19ClN2O2/c1-11-5-6-13(9-14(11)17)19-8-7-18(15(20)16(19)21)10-12-3-2-4-12/h5-6,9,12H,2-4,7-8,10H2,1H3. The first-order chi connectivity index (χ1) is 10.1. The highest BCUT2D eigenvalue weighted by Crippen LogP contribution is 2.29. The predicted octanol–water partition coefficient (Wildman–Crippen LogP) is 2.62. The van der Waals surface area contributed by atoms with Gasteiger partial charge in [-0.1, -0.05) is 24.1 Å². The summed E-state index contributed by atoms with van der Waals surface area (Å²) in [7, 11) is 0. The number of carbonyl (C=O) groups excluding carboxylic acids is 2. The van der Waals surface area contributed by atoms with Crippen molar-refractivity contribution in [2.45, 2.75) is 26.2 Å². The summed E-state index contributed by atoms with van der Waals surface area (Å²) in [5.74, 6) is -0.243. The number of rotatable bonds is 3. The number of hydrogen-bond donors (Lipinski definition) is 0. The summed E-state index contributed by atoms with van der Waals surface area (Å²) in [6.07, 6.45) is 3.60. The Hall–Kier alpha value is -1.55. The van der Waals surface area contributed by atoms with E-state index in [2.05, 4.69) is 0 Å². The molecule has 2 fully saturated rings. The molecular weight excluding hydrogens is 288 g/mol. The monoisotopic (exact) mass is 306 g/mol. The van der Waals surface area contributed by atoms with Gasteiger partial charge in [-0.15, -0.1) is 0 Å². The SMILES string of the molecule is Cc1ccc(N2CCN(CC3CCC3)C(=O)C2=O)cc1Cl. The lowest BCUT2D eigenvalue weighted by atomic mass is 9.85. The number of hydrogen-bond acceptors (Lipinski definition) is 2. The summed E-state index contributed by atoms with van der Waals surface area (Å²) in [4.78, 5) is 27.8. The van der Waals surface area contributed by atoms with Crippen LogP contribution in [-0.2, 0) is 9.59 Å². The number of anilines is 1. The van der Waals surface area contributed by atoms with Crippen molar-refractivity contribution in [3.8, 4) is 0 Å². The number of piperazine rings is 1. The Morgan fingerprint density at radius 1 is 1.19 bits per heavy atom. The third kappa shape index (κ3) is 2.77. The van der Waals surface area contributed by atoms with Gasteiger partial charge in [0.2, 0.25) is 0 Å². The smallest absolute Gasteiger partial charge is 0.316 e. The Morgan fingerprint density at radius 3 is 2.57 bits per heavy atom. The Bertz CT molecular complexity index is 584. The molecule has 1 aliphatic heterocycles. The molecule has 21 heavy (non-hydrogen) atoms. The molecule has 0 unspecified atom stereocenters. The van der Waals surface area contributed by atoms with E-state index in [1.54, 1.807) is 11.0 Å². The van der Waals surface area contributed by atoms with E-state index in [0.717, 1.165) is 12.1 Å². The number of amides is 2. The van der Waals surface area contributed by atoms with Crippen molar-refractivity contribution in [2.75, 3.05) is 24.5 Å². The van der Waals surface area contributed by atoms with Crippen LogP contribution in [0.1, 0.15) is 24.8 Å². The Labute approximate surface area is 129 Å². The average molecular weight is 307 g/mol. The predicted molar refractivity (Wildman–Crippen MR) is 82.5 cm³/mol. The lowest BCUT2D eigenvalue weighted by Gasteiger charge is -2.37. The van der Waals surface area contributed by atoms with E-state index in [1.165, 1.54) is 24.2 Å². The number of carbonyl (C=O) groups is 2. The van der Waals surface area contributed by atoms with Crippen molar-refractivity contribution >= 4 is 29.1 Å². The fraction of sp³-hybridized carbons (Fsp3) is 0.500. The Balaban J connectivity index is 1.72. The van der Waals surface area contributed by atoms with Gasteiger partial charge in [0.05, 0.1) is 0 Å². The fourth-order valence-electron chi connectivity index (χ4n) is 2.83. The van der Waals surface area contributed by atoms with Crippen molar-refractivity contribution in [1.82, 2.24) is 4.90 Å². The first-order valence-corrected chi connectivity index (χ1v) is 7.81. The molecule has 0 atom stereocenters. The second-order valence-electron chi connectivity index (χ2n) is 5.94. The van der Waals surface area contributed by atoms with Crippen LogP contribution in [0.25, 0.3) is 0 Å². The van der Waals surface area contributed by atoms with Crippen LogP contribution < -0.4 is 4.90 Å². The van der Waals surface area contributed by atoms with Gasteiger partial charge in [-0.2, -0.15) is 0 Å². The molecule has 1 saturated heterocycles. The van der Waals surface area contributed by atoms with Gasteiger partial charge in [-0.3, -0.25) is 9.59 Å². The zero-order valence-corrected chi connectivity index (χ0v) is 12.9. The largest absolute Gasteiger partial charge is 0.332 e. The van der Waals surface area contributed by atoms with Crippen LogP contribution in [0.4, 0.5) is 5.69 Å². The molecule has 1 aliphatic carbocycles. The first kappa shape index (κ1) is 14.4. The Morgan fingerprint density at radius 2 is 1.95 bits per heavy atom. The quantitative estimate of drug-likeness (QED) is 0.806. The first-order valence-electron chi connectivity index (χ1n) is 7.43. The molecule has 2 amide bonds. The molecule has 0 radical (unpaired) electrons. The summed E-state index contributed by atoms with van der Waals surface area (Å²) in [5, 5.41) is 0.615. The van der Waals surface area contributed by atoms with Crippen LogP contribution in [0.2, 0.25) is 5.02 Å². The molecule has 112 valence electrons. The lowest BCUT2D eigenvalue weighted by molar-refractivity contribution is -0.147. The molecule has 0 N–H and O–H groups in total. The second-order valence-corrected chi connectivity index (χ2v) is 6.35. The zero-order valence-electron chi connectivity index (χ0n) is 12.1. The van der Waals surface area contributed by atoms with Crippen molar-refractivity contribution < 1.29 is 9.59 Å². The molecular formula is C16H19ClN2O2. The van der Waals surface area contributed by atoms with Crippen molar-refractivity contribution in [3.05, 3.63) is 28.8 Å². The maximum Gasteiger partial charge on any atom is 0.316 e.